The number of allylic oxidation sites excluding steroid dienone is 1. The minimum absolute atomic E-state index is 0.797. The molecule has 1 aromatic heterocycles. The van der Waals surface area contributed by atoms with Gasteiger partial charge >= 0.3 is 0 Å². The van der Waals surface area contributed by atoms with Crippen LogP contribution in [0.5, 0.6) is 0 Å². The minimum Gasteiger partial charge on any atom is -0.303 e. The third-order valence-corrected chi connectivity index (χ3v) is 8.01. The largest absolute Gasteiger partial charge is 0.303 e. The molecule has 3 nitrogen and oxygen atoms in total. The van der Waals surface area contributed by atoms with Crippen LogP contribution in [0, 0.1) is 6.92 Å². The predicted molar refractivity (Wildman–Crippen MR) is 186 cm³/mol. The third-order valence-electron chi connectivity index (χ3n) is 7.76. The van der Waals surface area contributed by atoms with Crippen molar-refractivity contribution in [3.8, 4) is 0 Å². The molecule has 0 saturated carbocycles. The van der Waals surface area contributed by atoms with Crippen molar-refractivity contribution in [2.45, 2.75) is 39.5 Å². The summed E-state index contributed by atoms with van der Waals surface area (Å²) in [5.74, 6) is 0. The molecule has 0 radical (unpaired) electrons. The van der Waals surface area contributed by atoms with E-state index in [1.54, 1.807) is 0 Å². The van der Waals surface area contributed by atoms with Gasteiger partial charge in [-0.3, -0.25) is 9.88 Å². The summed E-state index contributed by atoms with van der Waals surface area (Å²) in [6, 6.07) is 33.6. The molecule has 0 atom stereocenters. The van der Waals surface area contributed by atoms with E-state index in [9.17, 15) is 0 Å². The van der Waals surface area contributed by atoms with Crippen molar-refractivity contribution in [2.75, 3.05) is 39.8 Å². The highest BCUT2D eigenvalue weighted by Gasteiger charge is 2.11. The summed E-state index contributed by atoms with van der Waals surface area (Å²) >= 11 is 5.99. The number of halogens is 1. The van der Waals surface area contributed by atoms with Crippen molar-refractivity contribution in [2.24, 2.45) is 0 Å². The normalized spacial score (nSPS) is 14.1. The number of likely N-dealkylation sites (N-methyl/N-ethyl adjacent to an activating group) is 1. The Morgan fingerprint density at radius 1 is 0.837 bits per heavy atom. The zero-order chi connectivity index (χ0) is 30.3. The fourth-order valence-electron chi connectivity index (χ4n) is 5.32. The van der Waals surface area contributed by atoms with E-state index in [-0.39, 0.29) is 0 Å². The van der Waals surface area contributed by atoms with Gasteiger partial charge in [-0.15, -0.1) is 0 Å². The number of hydrogen-bond donors (Lipinski definition) is 0. The van der Waals surface area contributed by atoms with Crippen molar-refractivity contribution in [1.82, 2.24) is 14.8 Å². The Morgan fingerprint density at radius 2 is 1.53 bits per heavy atom. The lowest BCUT2D eigenvalue weighted by Gasteiger charge is -2.14. The van der Waals surface area contributed by atoms with Gasteiger partial charge in [0.05, 0.1) is 5.69 Å². The monoisotopic (exact) mass is 591 g/mol. The van der Waals surface area contributed by atoms with Gasteiger partial charge in [0.1, 0.15) is 0 Å². The maximum Gasteiger partial charge on any atom is 0.0705 e. The molecule has 1 aliphatic rings. The molecular formula is C39H46ClN3. The second kappa shape index (κ2) is 17.6. The zero-order valence-corrected chi connectivity index (χ0v) is 26.8. The Labute approximate surface area is 264 Å². The molecule has 0 aliphatic carbocycles. The van der Waals surface area contributed by atoms with Gasteiger partial charge in [-0.2, -0.15) is 0 Å². The van der Waals surface area contributed by atoms with E-state index in [4.69, 9.17) is 11.6 Å². The molecule has 0 amide bonds. The zero-order valence-electron chi connectivity index (χ0n) is 26.1. The highest BCUT2D eigenvalue weighted by atomic mass is 35.5. The number of aryl methyl sites for hydroxylation is 1. The van der Waals surface area contributed by atoms with Crippen LogP contribution in [0.2, 0.25) is 5.02 Å². The lowest BCUT2D eigenvalue weighted by molar-refractivity contribution is 0.371. The quantitative estimate of drug-likeness (QED) is 0.173. The van der Waals surface area contributed by atoms with E-state index in [1.807, 2.05) is 30.5 Å². The van der Waals surface area contributed by atoms with E-state index in [2.05, 4.69) is 121 Å². The van der Waals surface area contributed by atoms with Crippen molar-refractivity contribution in [3.05, 3.63) is 148 Å². The Hall–Kier alpha value is -3.50. The molecule has 4 heteroatoms. The minimum atomic E-state index is 0.797. The fourth-order valence-corrected chi connectivity index (χ4v) is 5.44. The van der Waals surface area contributed by atoms with Gasteiger partial charge in [-0.1, -0.05) is 109 Å². The molecule has 2 heterocycles. The fraction of sp³-hybridized carbons (Fsp3) is 0.308. The Kier molecular flexibility index (Phi) is 13.2. The van der Waals surface area contributed by atoms with Gasteiger partial charge in [0.2, 0.25) is 0 Å². The summed E-state index contributed by atoms with van der Waals surface area (Å²) in [6.45, 7) is 9.90. The van der Waals surface area contributed by atoms with Crippen molar-refractivity contribution in [1.29, 1.82) is 0 Å². The van der Waals surface area contributed by atoms with Gasteiger partial charge in [0.15, 0.2) is 0 Å². The van der Waals surface area contributed by atoms with Gasteiger partial charge in [-0.25, -0.2) is 0 Å². The summed E-state index contributed by atoms with van der Waals surface area (Å²) in [7, 11) is 2.16. The standard InChI is InChI=1S/C20H22ClN.C19H24N2/c21-20-10-8-17(9-11-20)16-19(18-6-2-1-3-7-18)12-15-22-13-4-5-14-22;1-4-14-21(3)15-12-18(19-7-5-6-13-20-19)17-10-8-16(2)9-11-17/h1-3,6-12H,4-5,13-16H2;5-13H,4,14-15H2,1-3H3/b19-12+;18-12+. The van der Waals surface area contributed by atoms with Crippen LogP contribution in [0.1, 0.15) is 54.1 Å². The first-order valence-corrected chi connectivity index (χ1v) is 16.0. The molecule has 43 heavy (non-hydrogen) atoms. The topological polar surface area (TPSA) is 19.4 Å². The number of rotatable bonds is 11. The first-order valence-electron chi connectivity index (χ1n) is 15.6. The molecule has 0 N–H and O–H groups in total. The van der Waals surface area contributed by atoms with E-state index in [0.717, 1.165) is 36.8 Å². The number of aromatic nitrogens is 1. The van der Waals surface area contributed by atoms with Crippen LogP contribution in [0.25, 0.3) is 11.1 Å². The van der Waals surface area contributed by atoms with Crippen molar-refractivity contribution < 1.29 is 0 Å². The van der Waals surface area contributed by atoms with E-state index < -0.39 is 0 Å². The van der Waals surface area contributed by atoms with Crippen LogP contribution >= 0.6 is 11.6 Å². The smallest absolute Gasteiger partial charge is 0.0705 e. The SMILES string of the molecule is CCCN(C)C/C=C(\c1ccc(C)cc1)c1ccccn1.Clc1ccc(C/C(=C\CN2CCCC2)c2ccccc2)cc1. The van der Waals surface area contributed by atoms with Gasteiger partial charge in [-0.05, 0) is 106 Å². The molecular weight excluding hydrogens is 546 g/mol. The summed E-state index contributed by atoms with van der Waals surface area (Å²) in [4.78, 5) is 9.38. The van der Waals surface area contributed by atoms with Gasteiger partial charge in [0.25, 0.3) is 0 Å². The molecule has 224 valence electrons. The Morgan fingerprint density at radius 3 is 2.19 bits per heavy atom. The molecule has 1 fully saturated rings. The number of benzene rings is 3. The summed E-state index contributed by atoms with van der Waals surface area (Å²) in [5, 5.41) is 0.797. The Bertz CT molecular complexity index is 1410. The van der Waals surface area contributed by atoms with Gasteiger partial charge in [0, 0.05) is 29.9 Å². The molecule has 0 spiro atoms. The van der Waals surface area contributed by atoms with E-state index >= 15 is 0 Å². The number of likely N-dealkylation sites (tertiary alicyclic amines) is 1. The molecule has 1 saturated heterocycles. The van der Waals surface area contributed by atoms with Crippen LogP contribution < -0.4 is 0 Å². The van der Waals surface area contributed by atoms with Crippen molar-refractivity contribution >= 4 is 22.7 Å². The molecule has 1 aliphatic heterocycles. The first-order chi connectivity index (χ1) is 21.0. The van der Waals surface area contributed by atoms with Crippen molar-refractivity contribution in [3.63, 3.8) is 0 Å². The van der Waals surface area contributed by atoms with E-state index in [0.29, 0.717) is 0 Å². The maximum atomic E-state index is 5.99. The van der Waals surface area contributed by atoms with Crippen LogP contribution in [0.3, 0.4) is 0 Å². The second-order valence-electron chi connectivity index (χ2n) is 11.4. The molecule has 0 unspecified atom stereocenters. The van der Waals surface area contributed by atoms with Crippen LogP contribution in [-0.2, 0) is 6.42 Å². The molecule has 4 aromatic rings. The number of nitrogens with zero attached hydrogens (tertiary/aromatic N) is 3. The van der Waals surface area contributed by atoms with E-state index in [1.165, 1.54) is 65.8 Å². The Balaban J connectivity index is 0.000000197. The second-order valence-corrected chi connectivity index (χ2v) is 11.8. The average molecular weight is 592 g/mol. The summed E-state index contributed by atoms with van der Waals surface area (Å²) < 4.78 is 0. The highest BCUT2D eigenvalue weighted by molar-refractivity contribution is 6.30. The number of hydrogen-bond acceptors (Lipinski definition) is 3. The highest BCUT2D eigenvalue weighted by Crippen LogP contribution is 2.23. The first kappa shape index (κ1) is 32.4. The molecule has 3 aromatic carbocycles. The predicted octanol–water partition coefficient (Wildman–Crippen LogP) is 9.23. The van der Waals surface area contributed by atoms with Gasteiger partial charge < -0.3 is 4.90 Å². The maximum absolute atomic E-state index is 5.99. The number of pyridine rings is 1. The van der Waals surface area contributed by atoms with Crippen LogP contribution in [0.15, 0.2) is 115 Å². The van der Waals surface area contributed by atoms with Crippen LogP contribution in [0.4, 0.5) is 0 Å². The lowest BCUT2D eigenvalue weighted by atomic mass is 9.98. The lowest BCUT2D eigenvalue weighted by Crippen LogP contribution is -2.19. The van der Waals surface area contributed by atoms with Crippen LogP contribution in [-0.4, -0.2) is 54.6 Å². The summed E-state index contributed by atoms with van der Waals surface area (Å²) in [6.07, 6.45) is 11.3. The molecule has 0 bridgehead atoms. The summed E-state index contributed by atoms with van der Waals surface area (Å²) in [5.41, 5.74) is 8.77. The average Bonchev–Trinajstić information content (AvgIpc) is 3.56. The third kappa shape index (κ3) is 10.9. The molecule has 5 rings (SSSR count).